The number of halogens is 1. The van der Waals surface area contributed by atoms with Crippen LogP contribution in [0.4, 0.5) is 10.1 Å². The van der Waals surface area contributed by atoms with E-state index >= 15 is 0 Å². The number of para-hydroxylation sites is 1. The number of carbonyl (C=O) groups is 1. The molecule has 0 aliphatic carbocycles. The number of hydrogen-bond acceptors (Lipinski definition) is 2. The van der Waals surface area contributed by atoms with Gasteiger partial charge < -0.3 is 4.90 Å². The highest BCUT2D eigenvalue weighted by atomic mass is 19.1. The third-order valence-corrected chi connectivity index (χ3v) is 3.55. The van der Waals surface area contributed by atoms with Crippen LogP contribution in [0.25, 0.3) is 0 Å². The molecule has 0 bridgehead atoms. The fraction of sp³-hybridized carbons (Fsp3) is 0.533. The van der Waals surface area contributed by atoms with Gasteiger partial charge in [-0.3, -0.25) is 4.79 Å². The second-order valence-electron chi connectivity index (χ2n) is 5.54. The van der Waals surface area contributed by atoms with Crippen molar-refractivity contribution in [1.82, 2.24) is 0 Å². The minimum absolute atomic E-state index is 0.0737. The quantitative estimate of drug-likeness (QED) is 0.747. The van der Waals surface area contributed by atoms with Crippen LogP contribution in [-0.4, -0.2) is 18.9 Å². The molecule has 2 nitrogen and oxygen atoms in total. The number of benzene rings is 1. The molecule has 0 saturated carbocycles. The number of ketones is 1. The van der Waals surface area contributed by atoms with E-state index in [1.54, 1.807) is 12.1 Å². The van der Waals surface area contributed by atoms with Crippen LogP contribution in [0.2, 0.25) is 0 Å². The van der Waals surface area contributed by atoms with E-state index in [1.165, 1.54) is 19.4 Å². The first-order valence-corrected chi connectivity index (χ1v) is 6.53. The lowest BCUT2D eigenvalue weighted by molar-refractivity contribution is 0.101. The van der Waals surface area contributed by atoms with Crippen LogP contribution in [0.3, 0.4) is 0 Å². The van der Waals surface area contributed by atoms with Gasteiger partial charge in [0.15, 0.2) is 5.78 Å². The van der Waals surface area contributed by atoms with Gasteiger partial charge in [0.25, 0.3) is 0 Å². The van der Waals surface area contributed by atoms with E-state index in [2.05, 4.69) is 13.8 Å². The molecule has 2 unspecified atom stereocenters. The predicted octanol–water partition coefficient (Wildman–Crippen LogP) is 3.51. The molecule has 3 heteroatoms. The second kappa shape index (κ2) is 5.09. The molecule has 1 fully saturated rings. The predicted molar refractivity (Wildman–Crippen MR) is 71.6 cm³/mol. The average Bonchev–Trinajstić information content (AvgIpc) is 2.26. The van der Waals surface area contributed by atoms with Crippen molar-refractivity contribution in [3.63, 3.8) is 0 Å². The number of Topliss-reactive ketones (excluding diaryl/α,β-unsaturated/α-hetero) is 1. The summed E-state index contributed by atoms with van der Waals surface area (Å²) >= 11 is 0. The zero-order chi connectivity index (χ0) is 13.3. The van der Waals surface area contributed by atoms with Gasteiger partial charge in [0.1, 0.15) is 5.82 Å². The molecule has 1 aliphatic rings. The maximum absolute atomic E-state index is 14.1. The van der Waals surface area contributed by atoms with Gasteiger partial charge in [-0.05, 0) is 37.3 Å². The lowest BCUT2D eigenvalue weighted by Crippen LogP contribution is -2.39. The summed E-state index contributed by atoms with van der Waals surface area (Å²) in [6, 6.07) is 4.75. The van der Waals surface area contributed by atoms with Crippen molar-refractivity contribution in [1.29, 1.82) is 0 Å². The Morgan fingerprint density at radius 3 is 2.44 bits per heavy atom. The Labute approximate surface area is 108 Å². The molecule has 0 N–H and O–H groups in total. The van der Waals surface area contributed by atoms with Gasteiger partial charge in [-0.1, -0.05) is 19.9 Å². The van der Waals surface area contributed by atoms with E-state index in [0.29, 0.717) is 23.1 Å². The molecule has 1 heterocycles. The van der Waals surface area contributed by atoms with E-state index in [1.807, 2.05) is 4.90 Å². The summed E-state index contributed by atoms with van der Waals surface area (Å²) in [7, 11) is 0. The number of piperidine rings is 1. The van der Waals surface area contributed by atoms with Crippen LogP contribution < -0.4 is 4.90 Å². The van der Waals surface area contributed by atoms with Gasteiger partial charge in [0, 0.05) is 18.7 Å². The fourth-order valence-electron chi connectivity index (χ4n) is 2.97. The molecule has 0 amide bonds. The SMILES string of the molecule is CC(=O)c1cccc(F)c1N1CC(C)CC(C)C1. The van der Waals surface area contributed by atoms with Crippen molar-refractivity contribution < 1.29 is 9.18 Å². The van der Waals surface area contributed by atoms with E-state index < -0.39 is 0 Å². The van der Waals surface area contributed by atoms with Crippen LogP contribution >= 0.6 is 0 Å². The Bertz CT molecular complexity index is 448. The lowest BCUT2D eigenvalue weighted by Gasteiger charge is -2.37. The summed E-state index contributed by atoms with van der Waals surface area (Å²) in [5.41, 5.74) is 0.986. The minimum atomic E-state index is -0.288. The Morgan fingerprint density at radius 1 is 1.28 bits per heavy atom. The first-order valence-electron chi connectivity index (χ1n) is 6.53. The fourth-order valence-corrected chi connectivity index (χ4v) is 2.97. The summed E-state index contributed by atoms with van der Waals surface area (Å²) in [6.45, 7) is 7.50. The lowest BCUT2D eigenvalue weighted by atomic mass is 9.91. The maximum Gasteiger partial charge on any atom is 0.161 e. The molecule has 2 rings (SSSR count). The van der Waals surface area contributed by atoms with Crippen LogP contribution in [-0.2, 0) is 0 Å². The first kappa shape index (κ1) is 13.1. The Hall–Kier alpha value is -1.38. The summed E-state index contributed by atoms with van der Waals surface area (Å²) in [4.78, 5) is 13.7. The third kappa shape index (κ3) is 2.55. The molecule has 1 saturated heterocycles. The molecule has 1 aliphatic heterocycles. The molecular formula is C15H20FNO. The Morgan fingerprint density at radius 2 is 1.89 bits per heavy atom. The summed E-state index contributed by atoms with van der Waals surface area (Å²) in [5.74, 6) is 0.709. The third-order valence-electron chi connectivity index (χ3n) is 3.55. The second-order valence-corrected chi connectivity index (χ2v) is 5.54. The van der Waals surface area contributed by atoms with E-state index in [-0.39, 0.29) is 11.6 Å². The molecule has 0 aromatic heterocycles. The van der Waals surface area contributed by atoms with Gasteiger partial charge >= 0.3 is 0 Å². The largest absolute Gasteiger partial charge is 0.368 e. The summed E-state index contributed by atoms with van der Waals surface area (Å²) in [6.07, 6.45) is 1.17. The molecule has 98 valence electrons. The number of anilines is 1. The number of carbonyl (C=O) groups excluding carboxylic acids is 1. The van der Waals surface area contributed by atoms with Crippen molar-refractivity contribution in [2.24, 2.45) is 11.8 Å². The maximum atomic E-state index is 14.1. The average molecular weight is 249 g/mol. The number of nitrogens with zero attached hydrogens (tertiary/aromatic N) is 1. The summed E-state index contributed by atoms with van der Waals surface area (Å²) < 4.78 is 14.1. The molecular weight excluding hydrogens is 229 g/mol. The van der Waals surface area contributed by atoms with Crippen LogP contribution in [0.1, 0.15) is 37.6 Å². The van der Waals surface area contributed by atoms with Crippen molar-refractivity contribution in [3.8, 4) is 0 Å². The zero-order valence-corrected chi connectivity index (χ0v) is 11.2. The van der Waals surface area contributed by atoms with E-state index in [0.717, 1.165) is 13.1 Å². The highest BCUT2D eigenvalue weighted by Crippen LogP contribution is 2.31. The smallest absolute Gasteiger partial charge is 0.161 e. The van der Waals surface area contributed by atoms with E-state index in [9.17, 15) is 9.18 Å². The molecule has 2 atom stereocenters. The standard InChI is InChI=1S/C15H20FNO/c1-10-7-11(2)9-17(8-10)15-13(12(3)18)5-4-6-14(15)16/h4-6,10-11H,7-9H2,1-3H3. The number of hydrogen-bond donors (Lipinski definition) is 0. The topological polar surface area (TPSA) is 20.3 Å². The van der Waals surface area contributed by atoms with Crippen LogP contribution in [0, 0.1) is 17.7 Å². The summed E-state index contributed by atoms with van der Waals surface area (Å²) in [5, 5.41) is 0. The molecule has 1 aromatic rings. The van der Waals surface area contributed by atoms with Crippen LogP contribution in [0.15, 0.2) is 18.2 Å². The molecule has 1 aromatic carbocycles. The Balaban J connectivity index is 2.40. The normalized spacial score (nSPS) is 24.1. The van der Waals surface area contributed by atoms with Crippen molar-refractivity contribution in [3.05, 3.63) is 29.6 Å². The first-order chi connectivity index (χ1) is 8.49. The van der Waals surface area contributed by atoms with Gasteiger partial charge in [-0.25, -0.2) is 4.39 Å². The molecule has 0 spiro atoms. The van der Waals surface area contributed by atoms with Crippen molar-refractivity contribution in [2.75, 3.05) is 18.0 Å². The Kier molecular flexibility index (Phi) is 3.69. The minimum Gasteiger partial charge on any atom is -0.368 e. The highest BCUT2D eigenvalue weighted by molar-refractivity contribution is 5.99. The zero-order valence-electron chi connectivity index (χ0n) is 11.2. The van der Waals surface area contributed by atoms with Crippen LogP contribution in [0.5, 0.6) is 0 Å². The van der Waals surface area contributed by atoms with Gasteiger partial charge in [0.2, 0.25) is 0 Å². The number of rotatable bonds is 2. The molecule has 18 heavy (non-hydrogen) atoms. The van der Waals surface area contributed by atoms with E-state index in [4.69, 9.17) is 0 Å². The van der Waals surface area contributed by atoms with Crippen molar-refractivity contribution in [2.45, 2.75) is 27.2 Å². The van der Waals surface area contributed by atoms with Crippen molar-refractivity contribution >= 4 is 11.5 Å². The van der Waals surface area contributed by atoms with Gasteiger partial charge in [-0.15, -0.1) is 0 Å². The van der Waals surface area contributed by atoms with Gasteiger partial charge in [-0.2, -0.15) is 0 Å². The highest BCUT2D eigenvalue weighted by Gasteiger charge is 2.26. The molecule has 0 radical (unpaired) electrons. The van der Waals surface area contributed by atoms with Gasteiger partial charge in [0.05, 0.1) is 5.69 Å². The monoisotopic (exact) mass is 249 g/mol.